The van der Waals surface area contributed by atoms with Crippen LogP contribution in [0.15, 0.2) is 18.3 Å². The Balaban J connectivity index is 1.95. The van der Waals surface area contributed by atoms with Crippen molar-refractivity contribution in [3.8, 4) is 5.75 Å². The van der Waals surface area contributed by atoms with Gasteiger partial charge in [0.1, 0.15) is 17.5 Å². The fourth-order valence-corrected chi connectivity index (χ4v) is 2.06. The first-order valence-electron chi connectivity index (χ1n) is 6.45. The largest absolute Gasteiger partial charge is 0.488 e. The topological polar surface area (TPSA) is 60.5 Å². The molecular weight excluding hydrogens is 244 g/mol. The van der Waals surface area contributed by atoms with Gasteiger partial charge >= 0.3 is 6.09 Å². The highest BCUT2D eigenvalue weighted by molar-refractivity contribution is 5.67. The number of alkyl carbamates (subject to hydrolysis) is 1. The molecule has 0 unspecified atom stereocenters. The highest BCUT2D eigenvalue weighted by Crippen LogP contribution is 2.35. The molecule has 1 aromatic rings. The van der Waals surface area contributed by atoms with E-state index < -0.39 is 11.7 Å². The average molecular weight is 264 g/mol. The SMILES string of the molecule is C[C@@H]1Oc2cccnc2[C@@H]1CNC(=O)OC(C)(C)C. The van der Waals surface area contributed by atoms with Crippen LogP contribution in [0, 0.1) is 0 Å². The quantitative estimate of drug-likeness (QED) is 0.891. The third-order valence-electron chi connectivity index (χ3n) is 2.90. The Morgan fingerprint density at radius 2 is 2.26 bits per heavy atom. The molecule has 0 fully saturated rings. The minimum atomic E-state index is -0.488. The molecule has 1 aromatic heterocycles. The van der Waals surface area contributed by atoms with E-state index in [0.29, 0.717) is 6.54 Å². The van der Waals surface area contributed by atoms with Gasteiger partial charge in [-0.3, -0.25) is 4.98 Å². The number of fused-ring (bicyclic) bond motifs is 1. The van der Waals surface area contributed by atoms with E-state index in [0.717, 1.165) is 11.4 Å². The Hall–Kier alpha value is -1.78. The van der Waals surface area contributed by atoms with Gasteiger partial charge in [0.15, 0.2) is 0 Å². The number of ether oxygens (including phenoxy) is 2. The summed E-state index contributed by atoms with van der Waals surface area (Å²) in [6.07, 6.45) is 1.32. The molecule has 0 radical (unpaired) electrons. The van der Waals surface area contributed by atoms with E-state index in [9.17, 15) is 4.79 Å². The number of rotatable bonds is 2. The van der Waals surface area contributed by atoms with Crippen molar-refractivity contribution in [1.82, 2.24) is 10.3 Å². The Morgan fingerprint density at radius 3 is 2.95 bits per heavy atom. The van der Waals surface area contributed by atoms with Crippen molar-refractivity contribution >= 4 is 6.09 Å². The second-order valence-corrected chi connectivity index (χ2v) is 5.70. The van der Waals surface area contributed by atoms with Crippen molar-refractivity contribution < 1.29 is 14.3 Å². The summed E-state index contributed by atoms with van der Waals surface area (Å²) in [4.78, 5) is 16.0. The molecule has 5 nitrogen and oxygen atoms in total. The van der Waals surface area contributed by atoms with Gasteiger partial charge in [0, 0.05) is 12.7 Å². The molecule has 5 heteroatoms. The van der Waals surface area contributed by atoms with Gasteiger partial charge in [0.05, 0.1) is 11.6 Å². The van der Waals surface area contributed by atoms with Crippen molar-refractivity contribution in [3.05, 3.63) is 24.0 Å². The number of aromatic nitrogens is 1. The molecule has 19 heavy (non-hydrogen) atoms. The standard InChI is InChI=1S/C14H20N2O3/c1-9-10(8-16-13(17)19-14(2,3)4)12-11(18-9)6-5-7-15-12/h5-7,9-10H,8H2,1-4H3,(H,16,17)/t9-,10+/m0/s1. The van der Waals surface area contributed by atoms with E-state index in [1.54, 1.807) is 6.20 Å². The van der Waals surface area contributed by atoms with E-state index in [1.165, 1.54) is 0 Å². The van der Waals surface area contributed by atoms with Crippen molar-refractivity contribution in [2.75, 3.05) is 6.54 Å². The molecule has 104 valence electrons. The molecule has 1 N–H and O–H groups in total. The van der Waals surface area contributed by atoms with E-state index in [-0.39, 0.29) is 12.0 Å². The third kappa shape index (κ3) is 3.36. The van der Waals surface area contributed by atoms with Crippen LogP contribution in [-0.4, -0.2) is 29.3 Å². The van der Waals surface area contributed by atoms with Crippen LogP contribution in [0.5, 0.6) is 5.75 Å². The third-order valence-corrected chi connectivity index (χ3v) is 2.90. The van der Waals surface area contributed by atoms with Gasteiger partial charge in [-0.05, 0) is 39.8 Å². The smallest absolute Gasteiger partial charge is 0.407 e. The van der Waals surface area contributed by atoms with Crippen LogP contribution in [-0.2, 0) is 4.74 Å². The summed E-state index contributed by atoms with van der Waals surface area (Å²) in [6.45, 7) is 7.95. The minimum absolute atomic E-state index is 0.000151. The van der Waals surface area contributed by atoms with Crippen molar-refractivity contribution in [2.45, 2.75) is 45.3 Å². The number of carbonyl (C=O) groups excluding carboxylic acids is 1. The molecule has 0 saturated carbocycles. The molecule has 0 bridgehead atoms. The van der Waals surface area contributed by atoms with Gasteiger partial charge in [0.2, 0.25) is 0 Å². The van der Waals surface area contributed by atoms with Crippen LogP contribution in [0.2, 0.25) is 0 Å². The molecule has 0 spiro atoms. The molecular formula is C14H20N2O3. The zero-order valence-electron chi connectivity index (χ0n) is 11.8. The second kappa shape index (κ2) is 5.07. The molecule has 1 amide bonds. The summed E-state index contributed by atoms with van der Waals surface area (Å²) in [5, 5.41) is 2.77. The molecule has 0 saturated heterocycles. The summed E-state index contributed by atoms with van der Waals surface area (Å²) >= 11 is 0. The molecule has 1 aliphatic heterocycles. The first-order chi connectivity index (χ1) is 8.87. The Labute approximate surface area is 113 Å². The van der Waals surface area contributed by atoms with Crippen molar-refractivity contribution in [2.24, 2.45) is 0 Å². The second-order valence-electron chi connectivity index (χ2n) is 5.70. The maximum atomic E-state index is 11.6. The van der Waals surface area contributed by atoms with Crippen LogP contribution in [0.4, 0.5) is 4.79 Å². The summed E-state index contributed by atoms with van der Waals surface area (Å²) in [6, 6.07) is 3.74. The summed E-state index contributed by atoms with van der Waals surface area (Å²) in [7, 11) is 0. The molecule has 2 atom stereocenters. The normalized spacial score (nSPS) is 21.5. The highest BCUT2D eigenvalue weighted by atomic mass is 16.6. The number of hydrogen-bond acceptors (Lipinski definition) is 4. The van der Waals surface area contributed by atoms with E-state index in [4.69, 9.17) is 9.47 Å². The van der Waals surface area contributed by atoms with Crippen LogP contribution in [0.25, 0.3) is 0 Å². The lowest BCUT2D eigenvalue weighted by molar-refractivity contribution is 0.0519. The van der Waals surface area contributed by atoms with E-state index in [2.05, 4.69) is 10.3 Å². The zero-order chi connectivity index (χ0) is 14.0. The number of nitrogens with one attached hydrogen (secondary N) is 1. The van der Waals surface area contributed by atoms with Crippen LogP contribution < -0.4 is 10.1 Å². The van der Waals surface area contributed by atoms with Gasteiger partial charge in [0.25, 0.3) is 0 Å². The predicted octanol–water partition coefficient (Wildman–Crippen LogP) is 2.47. The minimum Gasteiger partial charge on any atom is -0.488 e. The molecule has 2 rings (SSSR count). The molecule has 0 aliphatic carbocycles. The zero-order valence-corrected chi connectivity index (χ0v) is 11.8. The van der Waals surface area contributed by atoms with Gasteiger partial charge in [-0.2, -0.15) is 0 Å². The van der Waals surface area contributed by atoms with Gasteiger partial charge in [-0.1, -0.05) is 0 Å². The molecule has 2 heterocycles. The molecule has 0 aromatic carbocycles. The molecule has 1 aliphatic rings. The lowest BCUT2D eigenvalue weighted by Crippen LogP contribution is -2.36. The number of carbonyl (C=O) groups is 1. The fourth-order valence-electron chi connectivity index (χ4n) is 2.06. The van der Waals surface area contributed by atoms with Gasteiger partial charge < -0.3 is 14.8 Å². The predicted molar refractivity (Wildman–Crippen MR) is 71.3 cm³/mol. The van der Waals surface area contributed by atoms with Crippen LogP contribution >= 0.6 is 0 Å². The summed E-state index contributed by atoms with van der Waals surface area (Å²) < 4.78 is 10.9. The maximum absolute atomic E-state index is 11.6. The first-order valence-corrected chi connectivity index (χ1v) is 6.45. The maximum Gasteiger partial charge on any atom is 0.407 e. The number of pyridine rings is 1. The van der Waals surface area contributed by atoms with Crippen LogP contribution in [0.1, 0.15) is 39.3 Å². The number of hydrogen-bond donors (Lipinski definition) is 1. The van der Waals surface area contributed by atoms with Crippen molar-refractivity contribution in [3.63, 3.8) is 0 Å². The fraction of sp³-hybridized carbons (Fsp3) is 0.571. The van der Waals surface area contributed by atoms with Crippen LogP contribution in [0.3, 0.4) is 0 Å². The lowest BCUT2D eigenvalue weighted by Gasteiger charge is -2.21. The number of amides is 1. The van der Waals surface area contributed by atoms with Gasteiger partial charge in [-0.25, -0.2) is 4.79 Å². The monoisotopic (exact) mass is 264 g/mol. The Morgan fingerprint density at radius 1 is 1.53 bits per heavy atom. The number of nitrogens with zero attached hydrogens (tertiary/aromatic N) is 1. The van der Waals surface area contributed by atoms with E-state index >= 15 is 0 Å². The lowest BCUT2D eigenvalue weighted by atomic mass is 10.0. The Bertz CT molecular complexity index is 468. The first kappa shape index (κ1) is 13.6. The van der Waals surface area contributed by atoms with E-state index in [1.807, 2.05) is 39.8 Å². The average Bonchev–Trinajstić information content (AvgIpc) is 2.60. The Kier molecular flexibility index (Phi) is 3.64. The summed E-state index contributed by atoms with van der Waals surface area (Å²) in [5.74, 6) is 0.856. The van der Waals surface area contributed by atoms with Crippen molar-refractivity contribution in [1.29, 1.82) is 0 Å². The van der Waals surface area contributed by atoms with Gasteiger partial charge in [-0.15, -0.1) is 0 Å². The highest BCUT2D eigenvalue weighted by Gasteiger charge is 2.32. The summed E-state index contributed by atoms with van der Waals surface area (Å²) in [5.41, 5.74) is 0.406.